The maximum atomic E-state index is 5.32. The highest BCUT2D eigenvalue weighted by Crippen LogP contribution is 2.27. The molecule has 0 saturated carbocycles. The average Bonchev–Trinajstić information content (AvgIpc) is 2.54. The van der Waals surface area contributed by atoms with Crippen molar-refractivity contribution in [2.45, 2.75) is 13.3 Å². The zero-order chi connectivity index (χ0) is 16.2. The summed E-state index contributed by atoms with van der Waals surface area (Å²) in [5.41, 5.74) is 1.20. The van der Waals surface area contributed by atoms with Crippen LogP contribution in [0.2, 0.25) is 0 Å². The summed E-state index contributed by atoms with van der Waals surface area (Å²) < 4.78 is 10.6. The first-order valence-electron chi connectivity index (χ1n) is 7.47. The molecule has 0 spiro atoms. The third-order valence-electron chi connectivity index (χ3n) is 3.06. The van der Waals surface area contributed by atoms with Gasteiger partial charge < -0.3 is 20.1 Å². The van der Waals surface area contributed by atoms with Gasteiger partial charge in [0, 0.05) is 18.8 Å². The Balaban J connectivity index is 0.00000484. The van der Waals surface area contributed by atoms with E-state index in [0.29, 0.717) is 0 Å². The first-order valence-corrected chi connectivity index (χ1v) is 8.86. The van der Waals surface area contributed by atoms with E-state index in [2.05, 4.69) is 34.9 Å². The third-order valence-corrected chi connectivity index (χ3v) is 3.65. The molecular weight excluding hydrogens is 425 g/mol. The molecule has 0 saturated heterocycles. The van der Waals surface area contributed by atoms with Crippen molar-refractivity contribution in [3.63, 3.8) is 0 Å². The molecule has 132 valence electrons. The molecule has 0 aliphatic rings. The van der Waals surface area contributed by atoms with Gasteiger partial charge in [-0.15, -0.1) is 24.0 Å². The predicted molar refractivity (Wildman–Crippen MR) is 111 cm³/mol. The standard InChI is InChI=1S/C16H27N3O2S.HI/c1-5-17-16(19-10-11-22-4)18-9-8-13-6-7-14(20-2)15(12-13)21-3;/h6-7,12H,5,8-11H2,1-4H3,(H2,17,18,19);1H. The maximum absolute atomic E-state index is 5.32. The van der Waals surface area contributed by atoms with Crippen LogP contribution in [0.1, 0.15) is 12.5 Å². The molecule has 0 amide bonds. The van der Waals surface area contributed by atoms with Crippen molar-refractivity contribution in [1.29, 1.82) is 0 Å². The first-order chi connectivity index (χ1) is 10.7. The summed E-state index contributed by atoms with van der Waals surface area (Å²) in [6.07, 6.45) is 2.99. The van der Waals surface area contributed by atoms with Gasteiger partial charge >= 0.3 is 0 Å². The normalized spacial score (nSPS) is 10.7. The van der Waals surface area contributed by atoms with E-state index < -0.39 is 0 Å². The summed E-state index contributed by atoms with van der Waals surface area (Å²) in [5.74, 6) is 3.43. The summed E-state index contributed by atoms with van der Waals surface area (Å²) in [4.78, 5) is 4.52. The number of hydrogen-bond donors (Lipinski definition) is 2. The number of benzene rings is 1. The lowest BCUT2D eigenvalue weighted by molar-refractivity contribution is 0.354. The van der Waals surface area contributed by atoms with Crippen molar-refractivity contribution in [3.8, 4) is 11.5 Å². The van der Waals surface area contributed by atoms with Gasteiger partial charge in [-0.3, -0.25) is 4.99 Å². The van der Waals surface area contributed by atoms with E-state index in [0.717, 1.165) is 49.3 Å². The Hall–Kier alpha value is -0.830. The van der Waals surface area contributed by atoms with Crippen LogP contribution in [-0.2, 0) is 6.42 Å². The lowest BCUT2D eigenvalue weighted by Gasteiger charge is -2.12. The van der Waals surface area contributed by atoms with E-state index in [9.17, 15) is 0 Å². The Morgan fingerprint density at radius 2 is 1.91 bits per heavy atom. The number of hydrogen-bond acceptors (Lipinski definition) is 4. The minimum Gasteiger partial charge on any atom is -0.493 e. The van der Waals surface area contributed by atoms with Crippen LogP contribution in [0.5, 0.6) is 11.5 Å². The maximum Gasteiger partial charge on any atom is 0.191 e. The summed E-state index contributed by atoms with van der Waals surface area (Å²) in [6.45, 7) is 4.58. The Labute approximate surface area is 161 Å². The van der Waals surface area contributed by atoms with Crippen LogP contribution >= 0.6 is 35.7 Å². The topological polar surface area (TPSA) is 54.9 Å². The minimum absolute atomic E-state index is 0. The third kappa shape index (κ3) is 8.55. The molecule has 0 fully saturated rings. The number of aliphatic imine (C=N–C) groups is 1. The van der Waals surface area contributed by atoms with Crippen LogP contribution in [0, 0.1) is 0 Å². The smallest absolute Gasteiger partial charge is 0.191 e. The zero-order valence-electron chi connectivity index (χ0n) is 14.3. The fourth-order valence-corrected chi connectivity index (χ4v) is 2.23. The van der Waals surface area contributed by atoms with Crippen molar-refractivity contribution >= 4 is 41.7 Å². The van der Waals surface area contributed by atoms with Crippen LogP contribution in [0.3, 0.4) is 0 Å². The second kappa shape index (κ2) is 13.6. The molecule has 7 heteroatoms. The van der Waals surface area contributed by atoms with E-state index in [1.807, 2.05) is 12.1 Å². The molecule has 0 atom stereocenters. The van der Waals surface area contributed by atoms with Crippen molar-refractivity contribution in [2.75, 3.05) is 45.9 Å². The predicted octanol–water partition coefficient (Wildman–Crippen LogP) is 2.78. The van der Waals surface area contributed by atoms with Crippen molar-refractivity contribution < 1.29 is 9.47 Å². The van der Waals surface area contributed by atoms with E-state index in [-0.39, 0.29) is 24.0 Å². The molecule has 0 aliphatic heterocycles. The van der Waals surface area contributed by atoms with Crippen LogP contribution < -0.4 is 20.1 Å². The highest BCUT2D eigenvalue weighted by Gasteiger charge is 2.04. The van der Waals surface area contributed by atoms with Crippen molar-refractivity contribution in [2.24, 2.45) is 4.99 Å². The van der Waals surface area contributed by atoms with Crippen molar-refractivity contribution in [1.82, 2.24) is 10.6 Å². The van der Waals surface area contributed by atoms with Crippen LogP contribution in [0.25, 0.3) is 0 Å². The second-order valence-corrected chi connectivity index (χ2v) is 5.61. The number of nitrogens with one attached hydrogen (secondary N) is 2. The fourth-order valence-electron chi connectivity index (χ4n) is 1.95. The Morgan fingerprint density at radius 3 is 2.52 bits per heavy atom. The molecule has 0 radical (unpaired) electrons. The number of guanidine groups is 1. The SMILES string of the molecule is CCNC(=NCCSC)NCCc1ccc(OC)c(OC)c1.I. The highest BCUT2D eigenvalue weighted by molar-refractivity contribution is 14.0. The van der Waals surface area contributed by atoms with Crippen LogP contribution in [0.4, 0.5) is 0 Å². The molecule has 0 aromatic heterocycles. The van der Waals surface area contributed by atoms with Gasteiger partial charge in [0.15, 0.2) is 17.5 Å². The van der Waals surface area contributed by atoms with Gasteiger partial charge in [-0.2, -0.15) is 11.8 Å². The Bertz CT molecular complexity index is 473. The summed E-state index contributed by atoms with van der Waals surface area (Å²) in [7, 11) is 3.30. The lowest BCUT2D eigenvalue weighted by Crippen LogP contribution is -2.38. The van der Waals surface area contributed by atoms with Crippen molar-refractivity contribution in [3.05, 3.63) is 23.8 Å². The van der Waals surface area contributed by atoms with Crippen LogP contribution in [0.15, 0.2) is 23.2 Å². The average molecular weight is 453 g/mol. The van der Waals surface area contributed by atoms with Gasteiger partial charge in [-0.25, -0.2) is 0 Å². The molecule has 0 aliphatic carbocycles. The van der Waals surface area contributed by atoms with E-state index in [4.69, 9.17) is 9.47 Å². The molecule has 0 bridgehead atoms. The second-order valence-electron chi connectivity index (χ2n) is 4.62. The van der Waals surface area contributed by atoms with Gasteiger partial charge in [-0.1, -0.05) is 6.07 Å². The number of halogens is 1. The molecule has 0 heterocycles. The molecule has 2 N–H and O–H groups in total. The molecule has 0 unspecified atom stereocenters. The Morgan fingerprint density at radius 1 is 1.17 bits per heavy atom. The zero-order valence-corrected chi connectivity index (χ0v) is 17.5. The molecule has 1 aromatic carbocycles. The number of methoxy groups -OCH3 is 2. The van der Waals surface area contributed by atoms with Crippen LogP contribution in [-0.4, -0.2) is 51.8 Å². The molecule has 1 rings (SSSR count). The molecular formula is C16H28IN3O2S. The lowest BCUT2D eigenvalue weighted by atomic mass is 10.1. The number of nitrogens with zero attached hydrogens (tertiary/aromatic N) is 1. The van der Waals surface area contributed by atoms with E-state index >= 15 is 0 Å². The minimum atomic E-state index is 0. The number of rotatable bonds is 9. The van der Waals surface area contributed by atoms with E-state index in [1.165, 1.54) is 5.56 Å². The van der Waals surface area contributed by atoms with Gasteiger partial charge in [0.1, 0.15) is 0 Å². The quantitative estimate of drug-likeness (QED) is 0.261. The number of ether oxygens (including phenoxy) is 2. The van der Waals surface area contributed by atoms with E-state index in [1.54, 1.807) is 26.0 Å². The van der Waals surface area contributed by atoms with Gasteiger partial charge in [0.05, 0.1) is 20.8 Å². The molecule has 23 heavy (non-hydrogen) atoms. The largest absolute Gasteiger partial charge is 0.493 e. The fraction of sp³-hybridized carbons (Fsp3) is 0.562. The monoisotopic (exact) mass is 453 g/mol. The van der Waals surface area contributed by atoms with Gasteiger partial charge in [-0.05, 0) is 37.3 Å². The summed E-state index contributed by atoms with van der Waals surface area (Å²) in [6, 6.07) is 6.01. The molecule has 5 nitrogen and oxygen atoms in total. The summed E-state index contributed by atoms with van der Waals surface area (Å²) >= 11 is 1.80. The van der Waals surface area contributed by atoms with Gasteiger partial charge in [0.25, 0.3) is 0 Å². The van der Waals surface area contributed by atoms with Gasteiger partial charge in [0.2, 0.25) is 0 Å². The first kappa shape index (κ1) is 22.2. The Kier molecular flexibility index (Phi) is 13.1. The highest BCUT2D eigenvalue weighted by atomic mass is 127. The molecule has 1 aromatic rings. The number of thioether (sulfide) groups is 1. The summed E-state index contributed by atoms with van der Waals surface area (Å²) in [5, 5.41) is 6.61.